The third-order valence-electron chi connectivity index (χ3n) is 3.43. The number of fused-ring (bicyclic) bond motifs is 1. The summed E-state index contributed by atoms with van der Waals surface area (Å²) in [5.41, 5.74) is 1.04. The summed E-state index contributed by atoms with van der Waals surface area (Å²) in [6.07, 6.45) is 0. The molecule has 0 atom stereocenters. The van der Waals surface area contributed by atoms with Gasteiger partial charge in [-0.1, -0.05) is 52.7 Å². The van der Waals surface area contributed by atoms with Gasteiger partial charge in [0.25, 0.3) is 5.91 Å². The van der Waals surface area contributed by atoms with Crippen LogP contribution in [0.15, 0.2) is 47.5 Å². The lowest BCUT2D eigenvalue weighted by atomic mass is 10.2. The number of halogens is 2. The molecule has 0 saturated heterocycles. The highest BCUT2D eigenvalue weighted by Gasteiger charge is 2.15. The van der Waals surface area contributed by atoms with E-state index in [1.54, 1.807) is 41.0 Å². The van der Waals surface area contributed by atoms with Crippen LogP contribution in [0.5, 0.6) is 0 Å². The highest BCUT2D eigenvalue weighted by molar-refractivity contribution is 7.16. The van der Waals surface area contributed by atoms with Crippen molar-refractivity contribution in [2.75, 3.05) is 7.11 Å². The topological polar surface area (TPSA) is 60.7 Å². The number of carbonyl (C=O) groups is 2. The van der Waals surface area contributed by atoms with Gasteiger partial charge in [0, 0.05) is 10.6 Å². The van der Waals surface area contributed by atoms with Crippen LogP contribution in [0, 0.1) is 0 Å². The number of rotatable bonds is 3. The Morgan fingerprint density at radius 2 is 1.92 bits per heavy atom. The fourth-order valence-corrected chi connectivity index (χ4v) is 4.10. The number of hydrogen-bond acceptors (Lipinski definition) is 4. The standard InChI is InChI=1S/C17H12Cl2N2O3S/c1-24-14(22)9-21-15-12(19)7-11(18)8-13(15)25-17(21)20-16(23)10-5-3-2-4-6-10/h2-8H,9H2,1H3. The quantitative estimate of drug-likeness (QED) is 0.632. The summed E-state index contributed by atoms with van der Waals surface area (Å²) in [5, 5.41) is 0.834. The predicted octanol–water partition coefficient (Wildman–Crippen LogP) is 3.92. The zero-order chi connectivity index (χ0) is 18.0. The van der Waals surface area contributed by atoms with Crippen molar-refractivity contribution in [1.29, 1.82) is 0 Å². The number of methoxy groups -OCH3 is 1. The van der Waals surface area contributed by atoms with E-state index in [1.807, 2.05) is 6.07 Å². The van der Waals surface area contributed by atoms with Crippen LogP contribution in [-0.2, 0) is 16.1 Å². The van der Waals surface area contributed by atoms with Crippen LogP contribution in [0.1, 0.15) is 10.4 Å². The molecule has 0 radical (unpaired) electrons. The first-order valence-electron chi connectivity index (χ1n) is 7.19. The van der Waals surface area contributed by atoms with Crippen molar-refractivity contribution in [2.24, 2.45) is 4.99 Å². The molecule has 1 heterocycles. The van der Waals surface area contributed by atoms with Crippen LogP contribution >= 0.6 is 34.5 Å². The van der Waals surface area contributed by atoms with E-state index in [0.29, 0.717) is 25.9 Å². The summed E-state index contributed by atoms with van der Waals surface area (Å²) >= 11 is 13.6. The van der Waals surface area contributed by atoms with Gasteiger partial charge in [0.1, 0.15) is 6.54 Å². The van der Waals surface area contributed by atoms with E-state index in [2.05, 4.69) is 4.99 Å². The molecule has 25 heavy (non-hydrogen) atoms. The van der Waals surface area contributed by atoms with E-state index in [9.17, 15) is 9.59 Å². The molecule has 0 N–H and O–H groups in total. The van der Waals surface area contributed by atoms with Crippen LogP contribution in [0.25, 0.3) is 10.2 Å². The minimum absolute atomic E-state index is 0.112. The Labute approximate surface area is 157 Å². The number of esters is 1. The second-order valence-electron chi connectivity index (χ2n) is 5.06. The fraction of sp³-hybridized carbons (Fsp3) is 0.118. The number of amides is 1. The van der Waals surface area contributed by atoms with Crippen LogP contribution < -0.4 is 4.80 Å². The van der Waals surface area contributed by atoms with Gasteiger partial charge in [-0.3, -0.25) is 9.59 Å². The molecule has 8 heteroatoms. The first kappa shape index (κ1) is 17.7. The first-order valence-corrected chi connectivity index (χ1v) is 8.76. The lowest BCUT2D eigenvalue weighted by Gasteiger charge is -2.05. The molecule has 1 amide bonds. The Balaban J connectivity index is 2.21. The van der Waals surface area contributed by atoms with Gasteiger partial charge in [-0.05, 0) is 24.3 Å². The van der Waals surface area contributed by atoms with Crippen molar-refractivity contribution in [1.82, 2.24) is 4.57 Å². The van der Waals surface area contributed by atoms with Gasteiger partial charge >= 0.3 is 5.97 Å². The summed E-state index contributed by atoms with van der Waals surface area (Å²) in [7, 11) is 1.29. The molecule has 0 aliphatic rings. The molecule has 3 aromatic rings. The summed E-state index contributed by atoms with van der Waals surface area (Å²) in [4.78, 5) is 28.7. The van der Waals surface area contributed by atoms with Gasteiger partial charge in [0.05, 0.1) is 22.3 Å². The number of ether oxygens (including phenoxy) is 1. The Kier molecular flexibility index (Phi) is 5.22. The van der Waals surface area contributed by atoms with Gasteiger partial charge in [-0.15, -0.1) is 0 Å². The first-order chi connectivity index (χ1) is 12.0. The van der Waals surface area contributed by atoms with Gasteiger partial charge in [0.15, 0.2) is 4.80 Å². The summed E-state index contributed by atoms with van der Waals surface area (Å²) in [6.45, 7) is -0.112. The monoisotopic (exact) mass is 394 g/mol. The lowest BCUT2D eigenvalue weighted by Crippen LogP contribution is -2.22. The molecule has 1 aromatic heterocycles. The average Bonchev–Trinajstić information content (AvgIpc) is 2.92. The summed E-state index contributed by atoms with van der Waals surface area (Å²) in [5.74, 6) is -0.882. The van der Waals surface area contributed by atoms with Gasteiger partial charge in [0.2, 0.25) is 0 Å². The van der Waals surface area contributed by atoms with Crippen molar-refractivity contribution >= 4 is 56.6 Å². The molecule has 0 aliphatic heterocycles. The van der Waals surface area contributed by atoms with Crippen molar-refractivity contribution in [3.05, 3.63) is 62.9 Å². The number of aromatic nitrogens is 1. The summed E-state index contributed by atoms with van der Waals surface area (Å²) in [6, 6.07) is 12.0. The van der Waals surface area contributed by atoms with Crippen molar-refractivity contribution < 1.29 is 14.3 Å². The van der Waals surface area contributed by atoms with Crippen molar-refractivity contribution in [3.63, 3.8) is 0 Å². The Hall–Kier alpha value is -2.15. The third-order valence-corrected chi connectivity index (χ3v) is 4.96. The predicted molar refractivity (Wildman–Crippen MR) is 98.2 cm³/mol. The highest BCUT2D eigenvalue weighted by atomic mass is 35.5. The maximum absolute atomic E-state index is 12.4. The van der Waals surface area contributed by atoms with E-state index in [-0.39, 0.29) is 6.54 Å². The molecule has 0 fully saturated rings. The molecule has 5 nitrogen and oxygen atoms in total. The van der Waals surface area contributed by atoms with E-state index >= 15 is 0 Å². The molecule has 128 valence electrons. The molecule has 0 saturated carbocycles. The molecular weight excluding hydrogens is 383 g/mol. The normalized spacial score (nSPS) is 11.7. The minimum Gasteiger partial charge on any atom is -0.468 e. The fourth-order valence-electron chi connectivity index (χ4n) is 2.29. The van der Waals surface area contributed by atoms with Crippen LogP contribution in [0.4, 0.5) is 0 Å². The zero-order valence-electron chi connectivity index (χ0n) is 13.0. The van der Waals surface area contributed by atoms with E-state index in [1.165, 1.54) is 18.4 Å². The second-order valence-corrected chi connectivity index (χ2v) is 6.92. The maximum Gasteiger partial charge on any atom is 0.325 e. The smallest absolute Gasteiger partial charge is 0.325 e. The van der Waals surface area contributed by atoms with Crippen molar-refractivity contribution in [2.45, 2.75) is 6.54 Å². The van der Waals surface area contributed by atoms with Gasteiger partial charge < -0.3 is 9.30 Å². The molecule has 0 bridgehead atoms. The van der Waals surface area contributed by atoms with E-state index < -0.39 is 11.9 Å². The minimum atomic E-state index is -0.473. The van der Waals surface area contributed by atoms with Crippen LogP contribution in [0.2, 0.25) is 10.0 Å². The van der Waals surface area contributed by atoms with Gasteiger partial charge in [-0.25, -0.2) is 0 Å². The number of benzene rings is 2. The molecule has 3 rings (SSSR count). The maximum atomic E-state index is 12.4. The Morgan fingerprint density at radius 3 is 2.60 bits per heavy atom. The van der Waals surface area contributed by atoms with Crippen LogP contribution in [-0.4, -0.2) is 23.6 Å². The lowest BCUT2D eigenvalue weighted by molar-refractivity contribution is -0.141. The third kappa shape index (κ3) is 3.76. The number of nitrogens with zero attached hydrogens (tertiary/aromatic N) is 2. The number of thiazole rings is 1. The van der Waals surface area contributed by atoms with E-state index in [4.69, 9.17) is 27.9 Å². The SMILES string of the molecule is COC(=O)Cn1c(=NC(=O)c2ccccc2)sc2cc(Cl)cc(Cl)c21. The Bertz CT molecular complexity index is 1030. The van der Waals surface area contributed by atoms with Gasteiger partial charge in [-0.2, -0.15) is 4.99 Å². The highest BCUT2D eigenvalue weighted by Crippen LogP contribution is 2.29. The number of carbonyl (C=O) groups excluding carboxylic acids is 2. The van der Waals surface area contributed by atoms with E-state index in [0.717, 1.165) is 4.70 Å². The molecule has 0 spiro atoms. The summed E-state index contributed by atoms with van der Waals surface area (Å²) < 4.78 is 7.01. The van der Waals surface area contributed by atoms with Crippen LogP contribution in [0.3, 0.4) is 0 Å². The molecule has 0 aliphatic carbocycles. The Morgan fingerprint density at radius 1 is 1.20 bits per heavy atom. The van der Waals surface area contributed by atoms with Crippen molar-refractivity contribution in [3.8, 4) is 0 Å². The molecule has 0 unspecified atom stereocenters. The number of hydrogen-bond donors (Lipinski definition) is 0. The largest absolute Gasteiger partial charge is 0.468 e. The second kappa shape index (κ2) is 7.39. The average molecular weight is 395 g/mol. The zero-order valence-corrected chi connectivity index (χ0v) is 15.4. The molecular formula is C17H12Cl2N2O3S. The molecule has 2 aromatic carbocycles.